The van der Waals surface area contributed by atoms with Crippen molar-refractivity contribution in [1.29, 1.82) is 0 Å². The van der Waals surface area contributed by atoms with E-state index < -0.39 is 11.1 Å². The first-order valence-corrected chi connectivity index (χ1v) is 9.70. The molecule has 3 amide bonds. The molecule has 144 valence electrons. The van der Waals surface area contributed by atoms with Crippen LogP contribution in [-0.2, 0) is 9.59 Å². The molecule has 0 aliphatic carbocycles. The van der Waals surface area contributed by atoms with E-state index in [1.807, 2.05) is 0 Å². The predicted octanol–water partition coefficient (Wildman–Crippen LogP) is 3.10. The van der Waals surface area contributed by atoms with Gasteiger partial charge in [-0.25, -0.2) is 0 Å². The number of imide groups is 1. The van der Waals surface area contributed by atoms with Gasteiger partial charge in [0, 0.05) is 29.7 Å². The zero-order valence-electron chi connectivity index (χ0n) is 14.7. The van der Waals surface area contributed by atoms with Crippen LogP contribution in [0.25, 0.3) is 6.08 Å². The highest BCUT2D eigenvalue weighted by atomic mass is 35.5. The van der Waals surface area contributed by atoms with Crippen LogP contribution in [0.5, 0.6) is 11.5 Å². The topological polar surface area (TPSA) is 87.2 Å². The number of carbonyl (C=O) groups is 3. The van der Waals surface area contributed by atoms with E-state index in [2.05, 4.69) is 0 Å². The van der Waals surface area contributed by atoms with Crippen molar-refractivity contribution in [3.8, 4) is 11.5 Å². The van der Waals surface area contributed by atoms with Crippen molar-refractivity contribution in [2.24, 2.45) is 0 Å². The number of hydrogen-bond acceptors (Lipinski definition) is 6. The molecule has 0 spiro atoms. The molecule has 1 N–H and O–H groups in total. The number of benzene rings is 1. The quantitative estimate of drug-likeness (QED) is 0.767. The van der Waals surface area contributed by atoms with Crippen molar-refractivity contribution in [2.45, 2.75) is 19.3 Å². The third-order valence-electron chi connectivity index (χ3n) is 4.45. The summed E-state index contributed by atoms with van der Waals surface area (Å²) in [5, 5.41) is 10.0. The molecule has 0 atom stereocenters. The molecule has 0 bridgehead atoms. The summed E-state index contributed by atoms with van der Waals surface area (Å²) in [5.74, 6) is -0.814. The number of phenols is 1. The number of likely N-dealkylation sites (tertiary alicyclic amines) is 1. The van der Waals surface area contributed by atoms with Gasteiger partial charge in [-0.3, -0.25) is 19.3 Å². The third-order valence-corrected chi connectivity index (χ3v) is 5.58. The maximum Gasteiger partial charge on any atom is 0.294 e. The van der Waals surface area contributed by atoms with Gasteiger partial charge in [0.15, 0.2) is 11.5 Å². The average Bonchev–Trinajstić information content (AvgIpc) is 2.92. The van der Waals surface area contributed by atoms with Gasteiger partial charge in [0.2, 0.25) is 5.91 Å². The number of amides is 3. The van der Waals surface area contributed by atoms with Crippen molar-refractivity contribution in [2.75, 3.05) is 26.7 Å². The molecule has 3 rings (SSSR count). The second-order valence-electron chi connectivity index (χ2n) is 6.26. The normalized spacial score (nSPS) is 19.1. The van der Waals surface area contributed by atoms with Gasteiger partial charge in [-0.05, 0) is 43.2 Å². The van der Waals surface area contributed by atoms with Crippen LogP contribution in [0.1, 0.15) is 24.8 Å². The Bertz CT molecular complexity index is 820. The molecule has 7 nitrogen and oxygen atoms in total. The van der Waals surface area contributed by atoms with E-state index in [4.69, 9.17) is 16.3 Å². The van der Waals surface area contributed by atoms with Gasteiger partial charge in [0.05, 0.1) is 12.0 Å². The van der Waals surface area contributed by atoms with Gasteiger partial charge in [0.1, 0.15) is 6.54 Å². The van der Waals surface area contributed by atoms with Gasteiger partial charge < -0.3 is 14.7 Å². The number of thioether (sulfide) groups is 1. The monoisotopic (exact) mass is 410 g/mol. The molecule has 9 heteroatoms. The summed E-state index contributed by atoms with van der Waals surface area (Å²) in [5.41, 5.74) is 0.257. The Hall–Kier alpha value is -2.19. The number of carbonyl (C=O) groups excluding carboxylic acids is 3. The first kappa shape index (κ1) is 19.6. The van der Waals surface area contributed by atoms with E-state index in [0.717, 1.165) is 35.9 Å². The Morgan fingerprint density at radius 3 is 2.67 bits per heavy atom. The summed E-state index contributed by atoms with van der Waals surface area (Å²) in [6.45, 7) is 1.04. The Kier molecular flexibility index (Phi) is 5.96. The highest BCUT2D eigenvalue weighted by Crippen LogP contribution is 2.38. The summed E-state index contributed by atoms with van der Waals surface area (Å²) < 4.78 is 5.04. The zero-order valence-corrected chi connectivity index (χ0v) is 16.3. The van der Waals surface area contributed by atoms with Crippen LogP contribution in [0.3, 0.4) is 0 Å². The van der Waals surface area contributed by atoms with Gasteiger partial charge in [-0.2, -0.15) is 0 Å². The van der Waals surface area contributed by atoms with Crippen LogP contribution in [0.4, 0.5) is 4.79 Å². The fourth-order valence-corrected chi connectivity index (χ4v) is 4.06. The lowest BCUT2D eigenvalue weighted by molar-refractivity contribution is -0.136. The highest BCUT2D eigenvalue weighted by molar-refractivity contribution is 8.18. The van der Waals surface area contributed by atoms with Crippen molar-refractivity contribution in [3.05, 3.63) is 27.6 Å². The summed E-state index contributed by atoms with van der Waals surface area (Å²) in [7, 11) is 1.38. The Morgan fingerprint density at radius 1 is 1.30 bits per heavy atom. The molecule has 2 fully saturated rings. The molecule has 0 unspecified atom stereocenters. The van der Waals surface area contributed by atoms with Crippen LogP contribution in [0.15, 0.2) is 17.0 Å². The van der Waals surface area contributed by atoms with Crippen LogP contribution >= 0.6 is 23.4 Å². The second-order valence-corrected chi connectivity index (χ2v) is 7.68. The van der Waals surface area contributed by atoms with E-state index in [1.165, 1.54) is 25.3 Å². The standard InChI is InChI=1S/C18H19ClN2O5S/c1-26-13-9-12(19)7-11(16(13)23)8-14-17(24)21(18(25)27-14)10-15(22)20-5-3-2-4-6-20/h7-9,23H,2-6,10H2,1H3. The molecule has 0 aromatic heterocycles. The number of hydrogen-bond donors (Lipinski definition) is 1. The minimum atomic E-state index is -0.561. The van der Waals surface area contributed by atoms with E-state index >= 15 is 0 Å². The minimum Gasteiger partial charge on any atom is -0.504 e. The van der Waals surface area contributed by atoms with Crippen LogP contribution in [0.2, 0.25) is 5.02 Å². The number of nitrogens with zero attached hydrogens (tertiary/aromatic N) is 2. The molecular weight excluding hydrogens is 392 g/mol. The number of ether oxygens (including phenoxy) is 1. The van der Waals surface area contributed by atoms with E-state index in [1.54, 1.807) is 4.90 Å². The first-order chi connectivity index (χ1) is 12.9. The predicted molar refractivity (Wildman–Crippen MR) is 103 cm³/mol. The molecule has 0 saturated carbocycles. The molecule has 2 aliphatic heterocycles. The van der Waals surface area contributed by atoms with E-state index in [0.29, 0.717) is 18.1 Å². The molecule has 2 heterocycles. The fraction of sp³-hybridized carbons (Fsp3) is 0.389. The molecule has 1 aromatic rings. The number of rotatable bonds is 4. The van der Waals surface area contributed by atoms with Gasteiger partial charge >= 0.3 is 0 Å². The molecule has 2 aliphatic rings. The number of piperidine rings is 1. The fourth-order valence-electron chi connectivity index (χ4n) is 3.02. The lowest BCUT2D eigenvalue weighted by Crippen LogP contribution is -2.44. The summed E-state index contributed by atoms with van der Waals surface area (Å²) in [6.07, 6.45) is 4.33. The molecule has 2 saturated heterocycles. The van der Waals surface area contributed by atoms with Crippen molar-refractivity contribution in [1.82, 2.24) is 9.80 Å². The third kappa shape index (κ3) is 4.22. The summed E-state index contributed by atoms with van der Waals surface area (Å²) in [4.78, 5) is 39.9. The first-order valence-electron chi connectivity index (χ1n) is 8.50. The van der Waals surface area contributed by atoms with Crippen molar-refractivity contribution < 1.29 is 24.2 Å². The van der Waals surface area contributed by atoms with Crippen molar-refractivity contribution >= 4 is 46.5 Å². The van der Waals surface area contributed by atoms with Crippen LogP contribution in [0, 0.1) is 0 Å². The lowest BCUT2D eigenvalue weighted by atomic mass is 10.1. The molecule has 27 heavy (non-hydrogen) atoms. The lowest BCUT2D eigenvalue weighted by Gasteiger charge is -2.27. The maximum atomic E-state index is 12.6. The maximum absolute atomic E-state index is 12.6. The minimum absolute atomic E-state index is 0.117. The molecule has 1 aromatic carbocycles. The number of aromatic hydroxyl groups is 1. The number of phenolic OH excluding ortho intramolecular Hbond substituents is 1. The molecular formula is C18H19ClN2O5S. The summed E-state index contributed by atoms with van der Waals surface area (Å²) >= 11 is 6.72. The van der Waals surface area contributed by atoms with Gasteiger partial charge in [-0.15, -0.1) is 0 Å². The Morgan fingerprint density at radius 2 is 2.00 bits per heavy atom. The highest BCUT2D eigenvalue weighted by Gasteiger charge is 2.37. The SMILES string of the molecule is COc1cc(Cl)cc(C=C2SC(=O)N(CC(=O)N3CCCCC3)C2=O)c1O. The second kappa shape index (κ2) is 8.22. The largest absolute Gasteiger partial charge is 0.504 e. The van der Waals surface area contributed by atoms with Crippen molar-refractivity contribution in [3.63, 3.8) is 0 Å². The number of halogens is 1. The Labute approximate surface area is 165 Å². The zero-order chi connectivity index (χ0) is 19.6. The van der Waals surface area contributed by atoms with Crippen LogP contribution < -0.4 is 4.74 Å². The van der Waals surface area contributed by atoms with Gasteiger partial charge in [-0.1, -0.05) is 11.6 Å². The van der Waals surface area contributed by atoms with E-state index in [9.17, 15) is 19.5 Å². The smallest absolute Gasteiger partial charge is 0.294 e. The Balaban J connectivity index is 1.79. The van der Waals surface area contributed by atoms with Crippen LogP contribution in [-0.4, -0.2) is 58.7 Å². The molecule has 0 radical (unpaired) electrons. The summed E-state index contributed by atoms with van der Waals surface area (Å²) in [6, 6.07) is 2.91. The number of methoxy groups -OCH3 is 1. The average molecular weight is 411 g/mol. The van der Waals surface area contributed by atoms with Gasteiger partial charge in [0.25, 0.3) is 11.1 Å². The van der Waals surface area contributed by atoms with E-state index in [-0.39, 0.29) is 34.4 Å².